The summed E-state index contributed by atoms with van der Waals surface area (Å²) in [6, 6.07) is 17.4. The van der Waals surface area contributed by atoms with E-state index in [9.17, 15) is 0 Å². The lowest BCUT2D eigenvalue weighted by Gasteiger charge is -2.34. The summed E-state index contributed by atoms with van der Waals surface area (Å²) >= 11 is 0. The zero-order valence-corrected chi connectivity index (χ0v) is 14.3. The second-order valence-electron chi connectivity index (χ2n) is 6.48. The van der Waals surface area contributed by atoms with Gasteiger partial charge in [0.05, 0.1) is 6.20 Å². The summed E-state index contributed by atoms with van der Waals surface area (Å²) in [5, 5.41) is 0. The first-order chi connectivity index (χ1) is 11.0. The molecule has 0 radical (unpaired) electrons. The number of nitrogens with zero attached hydrogens (tertiary/aromatic N) is 3. The van der Waals surface area contributed by atoms with E-state index >= 15 is 0 Å². The van der Waals surface area contributed by atoms with Crippen LogP contribution in [-0.4, -0.2) is 25.0 Å². The Labute approximate surface area is 138 Å². The molecule has 0 saturated carbocycles. The van der Waals surface area contributed by atoms with Crippen LogP contribution in [0.1, 0.15) is 16.7 Å². The predicted octanol–water partition coefficient (Wildman–Crippen LogP) is 4.21. The average Bonchev–Trinajstić information content (AvgIpc) is 2.92. The number of aliphatic imine (C=N–C) groups is 1. The maximum absolute atomic E-state index is 4.65. The Morgan fingerprint density at radius 2 is 1.61 bits per heavy atom. The number of quaternary nitrogens is 1. The Kier molecular flexibility index (Phi) is 4.05. The van der Waals surface area contributed by atoms with Crippen LogP contribution in [0.25, 0.3) is 0 Å². The van der Waals surface area contributed by atoms with Gasteiger partial charge < -0.3 is 4.90 Å². The molecule has 0 aromatic heterocycles. The molecule has 0 spiro atoms. The topological polar surface area (TPSA) is 15.6 Å². The predicted molar refractivity (Wildman–Crippen MR) is 98.1 cm³/mol. The molecular formula is C20H24N3+. The molecule has 0 amide bonds. The molecule has 0 aliphatic carbocycles. The Balaban J connectivity index is 2.14. The van der Waals surface area contributed by atoms with Gasteiger partial charge in [-0.25, -0.2) is 0 Å². The van der Waals surface area contributed by atoms with Gasteiger partial charge in [-0.05, 0) is 25.0 Å². The lowest BCUT2D eigenvalue weighted by Crippen LogP contribution is -2.53. The number of guanidine groups is 1. The van der Waals surface area contributed by atoms with Gasteiger partial charge in [0.2, 0.25) is 0 Å². The molecule has 3 rings (SSSR count). The molecule has 118 valence electrons. The summed E-state index contributed by atoms with van der Waals surface area (Å²) in [6.07, 6.45) is 4.12. The van der Waals surface area contributed by atoms with Crippen molar-refractivity contribution < 1.29 is 0 Å². The molecule has 2 aromatic carbocycles. The van der Waals surface area contributed by atoms with Crippen LogP contribution in [0.2, 0.25) is 0 Å². The summed E-state index contributed by atoms with van der Waals surface area (Å²) in [7, 11) is 4.12. The van der Waals surface area contributed by atoms with Gasteiger partial charge >= 0.3 is 5.96 Å². The molecule has 1 unspecified atom stereocenters. The fraction of sp³-hybridized carbons (Fsp3) is 0.250. The maximum Gasteiger partial charge on any atom is 0.314 e. The van der Waals surface area contributed by atoms with E-state index in [1.165, 1.54) is 22.4 Å². The van der Waals surface area contributed by atoms with E-state index in [0.717, 1.165) is 12.5 Å². The lowest BCUT2D eigenvalue weighted by molar-refractivity contribution is 0.453. The van der Waals surface area contributed by atoms with E-state index in [1.54, 1.807) is 0 Å². The summed E-state index contributed by atoms with van der Waals surface area (Å²) in [5.41, 5.74) is 5.12. The van der Waals surface area contributed by atoms with Crippen LogP contribution in [0.15, 0.2) is 65.9 Å². The first kappa shape index (κ1) is 15.5. The number of hydrogen-bond donors (Lipinski definition) is 0. The van der Waals surface area contributed by atoms with E-state index < -0.39 is 0 Å². The van der Waals surface area contributed by atoms with E-state index in [0.29, 0.717) is 4.48 Å². The molecule has 3 nitrogen and oxygen atoms in total. The van der Waals surface area contributed by atoms with E-state index in [1.807, 2.05) is 6.20 Å². The summed E-state index contributed by atoms with van der Waals surface area (Å²) < 4.78 is 0.625. The summed E-state index contributed by atoms with van der Waals surface area (Å²) in [6.45, 7) is 5.17. The molecule has 1 aliphatic heterocycles. The third kappa shape index (κ3) is 2.92. The van der Waals surface area contributed by atoms with Gasteiger partial charge in [-0.15, -0.1) is 0 Å². The molecule has 1 aliphatic rings. The van der Waals surface area contributed by atoms with Crippen LogP contribution in [0, 0.1) is 13.8 Å². The van der Waals surface area contributed by atoms with Gasteiger partial charge in [-0.2, -0.15) is 9.48 Å². The van der Waals surface area contributed by atoms with Crippen molar-refractivity contribution in [3.8, 4) is 0 Å². The Bertz CT molecular complexity index is 739. The van der Waals surface area contributed by atoms with Crippen molar-refractivity contribution in [2.75, 3.05) is 14.1 Å². The van der Waals surface area contributed by atoms with Crippen molar-refractivity contribution in [2.45, 2.75) is 20.4 Å². The minimum absolute atomic E-state index is 0.625. The van der Waals surface area contributed by atoms with E-state index in [2.05, 4.69) is 92.6 Å². The van der Waals surface area contributed by atoms with Crippen LogP contribution in [0.3, 0.4) is 0 Å². The van der Waals surface area contributed by atoms with Crippen LogP contribution < -0.4 is 4.48 Å². The second kappa shape index (κ2) is 6.01. The van der Waals surface area contributed by atoms with Crippen LogP contribution in [0.5, 0.6) is 0 Å². The van der Waals surface area contributed by atoms with Crippen molar-refractivity contribution in [3.05, 3.63) is 77.6 Å². The molecule has 0 N–H and O–H groups in total. The van der Waals surface area contributed by atoms with Gasteiger partial charge in [0.15, 0.2) is 0 Å². The third-order valence-electron chi connectivity index (χ3n) is 4.21. The van der Waals surface area contributed by atoms with Crippen LogP contribution in [-0.2, 0) is 6.54 Å². The minimum atomic E-state index is 0.625. The van der Waals surface area contributed by atoms with Gasteiger partial charge in [0.25, 0.3) is 0 Å². The molecule has 0 fully saturated rings. The number of hydrogen-bond acceptors (Lipinski definition) is 2. The molecule has 0 bridgehead atoms. The van der Waals surface area contributed by atoms with Crippen LogP contribution >= 0.6 is 0 Å². The monoisotopic (exact) mass is 306 g/mol. The van der Waals surface area contributed by atoms with E-state index in [-0.39, 0.29) is 0 Å². The highest BCUT2D eigenvalue weighted by Gasteiger charge is 2.40. The Hall–Kier alpha value is -2.39. The fourth-order valence-corrected chi connectivity index (χ4v) is 3.32. The lowest BCUT2D eigenvalue weighted by atomic mass is 10.1. The second-order valence-corrected chi connectivity index (χ2v) is 6.48. The van der Waals surface area contributed by atoms with Crippen molar-refractivity contribution in [2.24, 2.45) is 4.99 Å². The van der Waals surface area contributed by atoms with Gasteiger partial charge in [0.1, 0.15) is 18.4 Å². The SMILES string of the molecule is Cc1cc(C)cc([N+]2(Cc3ccccc3)C=CN=C2N(C)C)c1. The first-order valence-corrected chi connectivity index (χ1v) is 7.95. The molecular weight excluding hydrogens is 282 g/mol. The van der Waals surface area contributed by atoms with E-state index in [4.69, 9.17) is 0 Å². The highest BCUT2D eigenvalue weighted by Crippen LogP contribution is 2.33. The smallest absolute Gasteiger partial charge is 0.314 e. The maximum atomic E-state index is 4.65. The zero-order chi connectivity index (χ0) is 16.4. The Morgan fingerprint density at radius 1 is 0.957 bits per heavy atom. The summed E-state index contributed by atoms with van der Waals surface area (Å²) in [4.78, 5) is 6.77. The largest absolute Gasteiger partial charge is 0.316 e. The fourth-order valence-electron chi connectivity index (χ4n) is 3.32. The summed E-state index contributed by atoms with van der Waals surface area (Å²) in [5.74, 6) is 1.04. The first-order valence-electron chi connectivity index (χ1n) is 7.95. The minimum Gasteiger partial charge on any atom is -0.316 e. The highest BCUT2D eigenvalue weighted by atomic mass is 15.5. The molecule has 0 saturated heterocycles. The standard InChI is InChI=1S/C20H24N3/c1-16-12-17(2)14-19(13-16)23(11-10-21-20(23)22(3)4)15-18-8-6-5-7-9-18/h5-14H,15H2,1-4H3/q+1. The highest BCUT2D eigenvalue weighted by molar-refractivity contribution is 5.94. The van der Waals surface area contributed by atoms with Crippen molar-refractivity contribution in [3.63, 3.8) is 0 Å². The number of aryl methyl sites for hydroxylation is 2. The molecule has 1 heterocycles. The van der Waals surface area contributed by atoms with Crippen LogP contribution in [0.4, 0.5) is 5.69 Å². The van der Waals surface area contributed by atoms with Gasteiger partial charge in [-0.1, -0.05) is 36.4 Å². The van der Waals surface area contributed by atoms with Crippen molar-refractivity contribution in [1.29, 1.82) is 0 Å². The number of benzene rings is 2. The Morgan fingerprint density at radius 3 is 2.22 bits per heavy atom. The van der Waals surface area contributed by atoms with Crippen molar-refractivity contribution >= 4 is 11.6 Å². The molecule has 23 heavy (non-hydrogen) atoms. The van der Waals surface area contributed by atoms with Gasteiger partial charge in [-0.3, -0.25) is 0 Å². The van der Waals surface area contributed by atoms with Gasteiger partial charge in [0, 0.05) is 31.8 Å². The molecule has 1 atom stereocenters. The zero-order valence-electron chi connectivity index (χ0n) is 14.3. The normalized spacial score (nSPS) is 19.7. The molecule has 2 aromatic rings. The number of rotatable bonds is 3. The average molecular weight is 306 g/mol. The molecule has 3 heteroatoms. The van der Waals surface area contributed by atoms with Crippen molar-refractivity contribution in [1.82, 2.24) is 9.38 Å². The quantitative estimate of drug-likeness (QED) is 0.776. The third-order valence-corrected chi connectivity index (χ3v) is 4.21.